The maximum Gasteiger partial charge on any atom is 0.488 e. The van der Waals surface area contributed by atoms with Crippen molar-refractivity contribution in [3.63, 3.8) is 0 Å². The van der Waals surface area contributed by atoms with Crippen LogP contribution in [-0.2, 0) is 6.54 Å². The van der Waals surface area contributed by atoms with Crippen LogP contribution in [0.3, 0.4) is 0 Å². The first-order valence-corrected chi connectivity index (χ1v) is 7.02. The van der Waals surface area contributed by atoms with Gasteiger partial charge in [0.1, 0.15) is 0 Å². The zero-order valence-electron chi connectivity index (χ0n) is 12.4. The van der Waals surface area contributed by atoms with Gasteiger partial charge in [0.25, 0.3) is 0 Å². The minimum atomic E-state index is -1.57. The number of nitrogens with zero attached hydrogens (tertiary/aromatic N) is 4. The summed E-state index contributed by atoms with van der Waals surface area (Å²) >= 11 is 0. The summed E-state index contributed by atoms with van der Waals surface area (Å²) in [6, 6.07) is 1.80. The van der Waals surface area contributed by atoms with Crippen molar-refractivity contribution < 1.29 is 10.0 Å². The Morgan fingerprint density at radius 3 is 2.57 bits per heavy atom. The Hall–Kier alpha value is -1.57. The van der Waals surface area contributed by atoms with Crippen LogP contribution >= 0.6 is 0 Å². The lowest BCUT2D eigenvalue weighted by Gasteiger charge is -2.28. The van der Waals surface area contributed by atoms with Gasteiger partial charge in [0, 0.05) is 43.3 Å². The highest BCUT2D eigenvalue weighted by atomic mass is 16.4. The molecule has 2 rings (SSSR count). The molecule has 112 valence electrons. The molecule has 0 aliphatic carbocycles. The van der Waals surface area contributed by atoms with Crippen LogP contribution in [0.25, 0.3) is 10.4 Å². The second kappa shape index (κ2) is 6.93. The molecule has 1 fully saturated rings. The Bertz CT molecular complexity index is 566. The molecule has 0 saturated carbocycles. The summed E-state index contributed by atoms with van der Waals surface area (Å²) in [7, 11) is -1.57. The fourth-order valence-electron chi connectivity index (χ4n) is 2.71. The molecule has 3 N–H and O–H groups in total. The maximum absolute atomic E-state index is 9.52. The van der Waals surface area contributed by atoms with E-state index in [0.717, 1.165) is 37.3 Å². The van der Waals surface area contributed by atoms with Crippen molar-refractivity contribution in [2.75, 3.05) is 26.2 Å². The first-order valence-electron chi connectivity index (χ1n) is 7.02. The second-order valence-electron chi connectivity index (χ2n) is 5.31. The molecule has 21 heavy (non-hydrogen) atoms. The van der Waals surface area contributed by atoms with E-state index in [2.05, 4.69) is 20.2 Å². The highest BCUT2D eigenvalue weighted by molar-refractivity contribution is 6.59. The highest BCUT2D eigenvalue weighted by Crippen LogP contribution is 2.27. The largest absolute Gasteiger partial charge is 0.488 e. The normalized spacial score (nSPS) is 15.6. The molecule has 7 nitrogen and oxygen atoms in total. The van der Waals surface area contributed by atoms with Gasteiger partial charge in [-0.25, -0.2) is 0 Å². The number of azide groups is 1. The van der Waals surface area contributed by atoms with Crippen LogP contribution in [0.1, 0.15) is 16.7 Å². The molecule has 1 aromatic rings. The van der Waals surface area contributed by atoms with Crippen LogP contribution < -0.4 is 10.8 Å². The van der Waals surface area contributed by atoms with Gasteiger partial charge in [0.15, 0.2) is 0 Å². The Balaban J connectivity index is 2.41. The van der Waals surface area contributed by atoms with Gasteiger partial charge in [-0.05, 0) is 41.5 Å². The minimum Gasteiger partial charge on any atom is -0.423 e. The topological polar surface area (TPSA) is 104 Å². The lowest BCUT2D eigenvalue weighted by atomic mass is 9.75. The summed E-state index contributed by atoms with van der Waals surface area (Å²) in [6.45, 7) is 8.14. The summed E-state index contributed by atoms with van der Waals surface area (Å²) in [5.74, 6) is 0. The SMILES string of the molecule is Cc1c(CN2CCNCC2)cc(B(O)O)c(C)c1N=[N+]=[N-]. The quantitative estimate of drug-likeness (QED) is 0.321. The van der Waals surface area contributed by atoms with Crippen LogP contribution in [0.4, 0.5) is 5.69 Å². The predicted molar refractivity (Wildman–Crippen MR) is 82.7 cm³/mol. The summed E-state index contributed by atoms with van der Waals surface area (Å²) in [5, 5.41) is 26.1. The van der Waals surface area contributed by atoms with E-state index in [9.17, 15) is 10.0 Å². The average Bonchev–Trinajstić information content (AvgIpc) is 2.47. The summed E-state index contributed by atoms with van der Waals surface area (Å²) in [5.41, 5.74) is 12.1. The number of benzene rings is 1. The van der Waals surface area contributed by atoms with E-state index in [1.165, 1.54) is 0 Å². The minimum absolute atomic E-state index is 0.396. The maximum atomic E-state index is 9.52. The van der Waals surface area contributed by atoms with Crippen LogP contribution in [-0.4, -0.2) is 48.2 Å². The first-order chi connectivity index (χ1) is 10.0. The summed E-state index contributed by atoms with van der Waals surface area (Å²) < 4.78 is 0. The molecule has 8 heteroatoms. The third-order valence-electron chi connectivity index (χ3n) is 3.98. The van der Waals surface area contributed by atoms with Crippen molar-refractivity contribution in [1.29, 1.82) is 0 Å². The molecule has 0 amide bonds. The zero-order valence-corrected chi connectivity index (χ0v) is 12.4. The van der Waals surface area contributed by atoms with E-state index in [1.54, 1.807) is 13.0 Å². The van der Waals surface area contributed by atoms with E-state index in [0.29, 0.717) is 23.3 Å². The molecule has 0 aromatic heterocycles. The first kappa shape index (κ1) is 15.8. The van der Waals surface area contributed by atoms with Crippen molar-refractivity contribution in [2.24, 2.45) is 5.11 Å². The van der Waals surface area contributed by atoms with Crippen LogP contribution in [0.2, 0.25) is 0 Å². The Labute approximate surface area is 124 Å². The van der Waals surface area contributed by atoms with Crippen LogP contribution in [0.5, 0.6) is 0 Å². The van der Waals surface area contributed by atoms with Crippen LogP contribution in [0, 0.1) is 13.8 Å². The second-order valence-corrected chi connectivity index (χ2v) is 5.31. The van der Waals surface area contributed by atoms with Gasteiger partial charge in [-0.15, -0.1) is 0 Å². The van der Waals surface area contributed by atoms with Gasteiger partial charge in [0.05, 0.1) is 0 Å². The molecule has 1 aliphatic rings. The number of rotatable bonds is 4. The average molecular weight is 289 g/mol. The smallest absolute Gasteiger partial charge is 0.423 e. The standard InChI is InChI=1S/C13H20BN5O2/c1-9-11(8-19-5-3-16-4-6-19)7-12(14(20)21)10(2)13(9)17-18-15/h7,16,20-21H,3-6,8H2,1-2H3. The van der Waals surface area contributed by atoms with Crippen molar-refractivity contribution in [3.05, 3.63) is 33.2 Å². The van der Waals surface area contributed by atoms with E-state index < -0.39 is 7.12 Å². The Kier molecular flexibility index (Phi) is 5.22. The van der Waals surface area contributed by atoms with Crippen molar-refractivity contribution >= 4 is 18.3 Å². The molecule has 1 aliphatic heterocycles. The molecule has 0 unspecified atom stereocenters. The van der Waals surface area contributed by atoms with E-state index in [1.807, 2.05) is 6.92 Å². The number of hydrogen-bond donors (Lipinski definition) is 3. The van der Waals surface area contributed by atoms with Gasteiger partial charge in [-0.3, -0.25) is 4.90 Å². The molecule has 1 heterocycles. The van der Waals surface area contributed by atoms with E-state index in [4.69, 9.17) is 5.53 Å². The van der Waals surface area contributed by atoms with E-state index in [-0.39, 0.29) is 0 Å². The van der Waals surface area contributed by atoms with Crippen molar-refractivity contribution in [3.8, 4) is 0 Å². The van der Waals surface area contributed by atoms with Crippen molar-refractivity contribution in [2.45, 2.75) is 20.4 Å². The number of nitrogens with one attached hydrogen (secondary N) is 1. The van der Waals surface area contributed by atoms with Gasteiger partial charge in [-0.2, -0.15) is 0 Å². The lowest BCUT2D eigenvalue weighted by molar-refractivity contribution is 0.233. The lowest BCUT2D eigenvalue weighted by Crippen LogP contribution is -2.43. The van der Waals surface area contributed by atoms with E-state index >= 15 is 0 Å². The molecule has 0 radical (unpaired) electrons. The molecule has 1 aromatic carbocycles. The van der Waals surface area contributed by atoms with Gasteiger partial charge >= 0.3 is 7.12 Å². The fraction of sp³-hybridized carbons (Fsp3) is 0.538. The molecule has 1 saturated heterocycles. The van der Waals surface area contributed by atoms with Gasteiger partial charge in [-0.1, -0.05) is 11.2 Å². The Morgan fingerprint density at radius 1 is 1.33 bits per heavy atom. The third kappa shape index (κ3) is 3.55. The Morgan fingerprint density at radius 2 is 2.00 bits per heavy atom. The molecule has 0 bridgehead atoms. The summed E-state index contributed by atoms with van der Waals surface area (Å²) in [6.07, 6.45) is 0. The fourth-order valence-corrected chi connectivity index (χ4v) is 2.71. The molecule has 0 spiro atoms. The molecular weight excluding hydrogens is 269 g/mol. The third-order valence-corrected chi connectivity index (χ3v) is 3.98. The predicted octanol–water partition coefficient (Wildman–Crippen LogP) is 0.330. The highest BCUT2D eigenvalue weighted by Gasteiger charge is 2.21. The summed E-state index contributed by atoms with van der Waals surface area (Å²) in [4.78, 5) is 5.15. The molecule has 0 atom stereocenters. The number of piperazine rings is 1. The number of hydrogen-bond acceptors (Lipinski definition) is 5. The zero-order chi connectivity index (χ0) is 15.4. The van der Waals surface area contributed by atoms with Crippen LogP contribution in [0.15, 0.2) is 11.2 Å². The van der Waals surface area contributed by atoms with Crippen molar-refractivity contribution in [1.82, 2.24) is 10.2 Å². The van der Waals surface area contributed by atoms with Gasteiger partial charge < -0.3 is 15.4 Å². The van der Waals surface area contributed by atoms with Gasteiger partial charge in [0.2, 0.25) is 0 Å². The molecular formula is C13H20BN5O2. The monoisotopic (exact) mass is 289 g/mol.